The summed E-state index contributed by atoms with van der Waals surface area (Å²) in [5.74, 6) is 0.417. The molecular weight excluding hydrogens is 440 g/mol. The predicted octanol–water partition coefficient (Wildman–Crippen LogP) is 5.21. The number of carbonyl (C=O) groups is 2. The maximum Gasteiger partial charge on any atom is 0.242 e. The second-order valence-electron chi connectivity index (χ2n) is 7.38. The lowest BCUT2D eigenvalue weighted by molar-refractivity contribution is -0.140. The molecule has 0 radical (unpaired) electrons. The van der Waals surface area contributed by atoms with Gasteiger partial charge in [0.2, 0.25) is 11.8 Å². The Kier molecular flexibility index (Phi) is 9.20. The molecule has 1 N–H and O–H groups in total. The number of hydrogen-bond acceptors (Lipinski definition) is 3. The molecule has 0 aliphatic heterocycles. The molecule has 0 bridgehead atoms. The van der Waals surface area contributed by atoms with Crippen LogP contribution >= 0.6 is 23.4 Å². The van der Waals surface area contributed by atoms with Gasteiger partial charge in [0, 0.05) is 42.1 Å². The van der Waals surface area contributed by atoms with E-state index >= 15 is 0 Å². The molecule has 0 heterocycles. The molecule has 32 heavy (non-hydrogen) atoms. The van der Waals surface area contributed by atoms with Gasteiger partial charge in [0.15, 0.2) is 0 Å². The molecule has 4 nitrogen and oxygen atoms in total. The maximum absolute atomic E-state index is 13.4. The van der Waals surface area contributed by atoms with Crippen LogP contribution in [0.4, 0.5) is 0 Å². The van der Waals surface area contributed by atoms with E-state index in [0.717, 1.165) is 16.0 Å². The molecule has 2 amide bonds. The zero-order chi connectivity index (χ0) is 22.8. The van der Waals surface area contributed by atoms with Crippen molar-refractivity contribution in [3.8, 4) is 0 Å². The van der Waals surface area contributed by atoms with Gasteiger partial charge in [0.05, 0.1) is 0 Å². The van der Waals surface area contributed by atoms with Crippen molar-refractivity contribution in [3.63, 3.8) is 0 Å². The lowest BCUT2D eigenvalue weighted by atomic mass is 10.0. The number of nitrogens with one attached hydrogen (secondary N) is 1. The number of benzene rings is 3. The van der Waals surface area contributed by atoms with Gasteiger partial charge in [0.25, 0.3) is 0 Å². The smallest absolute Gasteiger partial charge is 0.242 e. The first kappa shape index (κ1) is 23.9. The maximum atomic E-state index is 13.4. The largest absolute Gasteiger partial charge is 0.357 e. The SMILES string of the molecule is CNC(=O)[C@H](Cc1ccccc1)N(Cc1ccccc1)C(=O)CCSc1ccc(Cl)cc1. The first-order chi connectivity index (χ1) is 15.6. The Bertz CT molecular complexity index is 997. The number of likely N-dealkylation sites (N-methyl/N-ethyl adjacent to an activating group) is 1. The van der Waals surface area contributed by atoms with E-state index in [4.69, 9.17) is 11.6 Å². The highest BCUT2D eigenvalue weighted by Gasteiger charge is 2.29. The van der Waals surface area contributed by atoms with Crippen LogP contribution in [0.25, 0.3) is 0 Å². The molecule has 0 fully saturated rings. The van der Waals surface area contributed by atoms with Crippen molar-refractivity contribution in [3.05, 3.63) is 101 Å². The van der Waals surface area contributed by atoms with Crippen LogP contribution < -0.4 is 5.32 Å². The highest BCUT2D eigenvalue weighted by molar-refractivity contribution is 7.99. The molecule has 0 spiro atoms. The fourth-order valence-electron chi connectivity index (χ4n) is 3.43. The molecule has 0 saturated heterocycles. The standard InChI is InChI=1S/C26H27ClN2O2S/c1-28-26(31)24(18-20-8-4-2-5-9-20)29(19-21-10-6-3-7-11-21)25(30)16-17-32-23-14-12-22(27)13-15-23/h2-15,24H,16-19H2,1H3,(H,28,31)/t24-/m0/s1. The van der Waals surface area contributed by atoms with Gasteiger partial charge >= 0.3 is 0 Å². The Balaban J connectivity index is 1.77. The van der Waals surface area contributed by atoms with Crippen LogP contribution in [0.3, 0.4) is 0 Å². The summed E-state index contributed by atoms with van der Waals surface area (Å²) in [7, 11) is 1.61. The van der Waals surface area contributed by atoms with E-state index < -0.39 is 6.04 Å². The molecule has 3 aromatic rings. The average Bonchev–Trinajstić information content (AvgIpc) is 2.83. The number of amides is 2. The van der Waals surface area contributed by atoms with Gasteiger partial charge in [-0.15, -0.1) is 11.8 Å². The summed E-state index contributed by atoms with van der Waals surface area (Å²) < 4.78 is 0. The van der Waals surface area contributed by atoms with Crippen molar-refractivity contribution in [2.24, 2.45) is 0 Å². The molecule has 0 unspecified atom stereocenters. The molecular formula is C26H27ClN2O2S. The van der Waals surface area contributed by atoms with Crippen molar-refractivity contribution in [1.82, 2.24) is 10.2 Å². The Hall–Kier alpha value is -2.76. The van der Waals surface area contributed by atoms with Gasteiger partial charge in [-0.3, -0.25) is 9.59 Å². The van der Waals surface area contributed by atoms with Crippen LogP contribution in [-0.4, -0.2) is 35.6 Å². The van der Waals surface area contributed by atoms with E-state index in [1.54, 1.807) is 23.7 Å². The van der Waals surface area contributed by atoms with Gasteiger partial charge < -0.3 is 10.2 Å². The Labute approximate surface area is 199 Å². The third kappa shape index (κ3) is 7.14. The molecule has 0 saturated carbocycles. The summed E-state index contributed by atoms with van der Waals surface area (Å²) in [5, 5.41) is 3.43. The summed E-state index contributed by atoms with van der Waals surface area (Å²) in [4.78, 5) is 29.0. The van der Waals surface area contributed by atoms with Crippen molar-refractivity contribution in [2.75, 3.05) is 12.8 Å². The highest BCUT2D eigenvalue weighted by Crippen LogP contribution is 2.22. The minimum absolute atomic E-state index is 0.0418. The predicted molar refractivity (Wildman–Crippen MR) is 132 cm³/mol. The van der Waals surface area contributed by atoms with Gasteiger partial charge in [-0.2, -0.15) is 0 Å². The number of hydrogen-bond donors (Lipinski definition) is 1. The Morgan fingerprint density at radius 2 is 1.50 bits per heavy atom. The minimum atomic E-state index is -0.587. The summed E-state index contributed by atoms with van der Waals surface area (Å²) in [5.41, 5.74) is 2.01. The lowest BCUT2D eigenvalue weighted by Crippen LogP contribution is -2.49. The van der Waals surface area contributed by atoms with Crippen LogP contribution in [0.2, 0.25) is 5.02 Å². The van der Waals surface area contributed by atoms with E-state index in [0.29, 0.717) is 30.2 Å². The molecule has 0 aliphatic rings. The van der Waals surface area contributed by atoms with Crippen LogP contribution in [0.5, 0.6) is 0 Å². The number of rotatable bonds is 10. The van der Waals surface area contributed by atoms with Crippen molar-refractivity contribution in [1.29, 1.82) is 0 Å². The van der Waals surface area contributed by atoms with Gasteiger partial charge in [-0.1, -0.05) is 72.3 Å². The zero-order valence-electron chi connectivity index (χ0n) is 18.0. The molecule has 3 aromatic carbocycles. The van der Waals surface area contributed by atoms with Crippen LogP contribution in [0, 0.1) is 0 Å². The Morgan fingerprint density at radius 3 is 2.09 bits per heavy atom. The molecule has 166 valence electrons. The monoisotopic (exact) mass is 466 g/mol. The number of nitrogens with zero attached hydrogens (tertiary/aromatic N) is 1. The second kappa shape index (κ2) is 12.3. The topological polar surface area (TPSA) is 49.4 Å². The molecule has 1 atom stereocenters. The first-order valence-electron chi connectivity index (χ1n) is 10.5. The molecule has 0 aliphatic carbocycles. The van der Waals surface area contributed by atoms with E-state index in [-0.39, 0.29) is 11.8 Å². The summed E-state index contributed by atoms with van der Waals surface area (Å²) in [6, 6.07) is 26.6. The number of halogens is 1. The number of carbonyl (C=O) groups excluding carboxylic acids is 2. The zero-order valence-corrected chi connectivity index (χ0v) is 19.6. The first-order valence-corrected chi connectivity index (χ1v) is 11.9. The van der Waals surface area contributed by atoms with E-state index in [1.807, 2.05) is 84.9 Å². The summed E-state index contributed by atoms with van der Waals surface area (Å²) in [6.07, 6.45) is 0.797. The highest BCUT2D eigenvalue weighted by atomic mass is 35.5. The molecule has 3 rings (SSSR count). The number of thioether (sulfide) groups is 1. The van der Waals surface area contributed by atoms with E-state index in [1.165, 1.54) is 0 Å². The fraction of sp³-hybridized carbons (Fsp3) is 0.231. The fourth-order valence-corrected chi connectivity index (χ4v) is 4.40. The van der Waals surface area contributed by atoms with E-state index in [9.17, 15) is 9.59 Å². The Morgan fingerprint density at radius 1 is 0.906 bits per heavy atom. The summed E-state index contributed by atoms with van der Waals surface area (Å²) >= 11 is 7.56. The quantitative estimate of drug-likeness (QED) is 0.417. The van der Waals surface area contributed by atoms with Gasteiger partial charge in [-0.25, -0.2) is 0 Å². The third-order valence-electron chi connectivity index (χ3n) is 5.11. The van der Waals surface area contributed by atoms with Crippen LogP contribution in [-0.2, 0) is 22.6 Å². The van der Waals surface area contributed by atoms with Gasteiger partial charge in [0.1, 0.15) is 6.04 Å². The molecule has 6 heteroatoms. The lowest BCUT2D eigenvalue weighted by Gasteiger charge is -2.31. The van der Waals surface area contributed by atoms with E-state index in [2.05, 4.69) is 5.32 Å². The summed E-state index contributed by atoms with van der Waals surface area (Å²) in [6.45, 7) is 0.385. The van der Waals surface area contributed by atoms with Gasteiger partial charge in [-0.05, 0) is 35.4 Å². The molecule has 0 aromatic heterocycles. The average molecular weight is 467 g/mol. The third-order valence-corrected chi connectivity index (χ3v) is 6.38. The minimum Gasteiger partial charge on any atom is -0.357 e. The normalized spacial score (nSPS) is 11.6. The van der Waals surface area contributed by atoms with Crippen LogP contribution in [0.15, 0.2) is 89.8 Å². The van der Waals surface area contributed by atoms with Crippen molar-refractivity contribution < 1.29 is 9.59 Å². The van der Waals surface area contributed by atoms with Crippen LogP contribution in [0.1, 0.15) is 17.5 Å². The van der Waals surface area contributed by atoms with Crippen molar-refractivity contribution >= 4 is 35.2 Å². The van der Waals surface area contributed by atoms with Crippen molar-refractivity contribution in [2.45, 2.75) is 30.3 Å². The second-order valence-corrected chi connectivity index (χ2v) is 8.98.